The van der Waals surface area contributed by atoms with E-state index in [1.54, 1.807) is 0 Å². The van der Waals surface area contributed by atoms with Crippen LogP contribution in [0.3, 0.4) is 0 Å². The molecule has 0 radical (unpaired) electrons. The summed E-state index contributed by atoms with van der Waals surface area (Å²) >= 11 is 0. The van der Waals surface area contributed by atoms with Crippen molar-refractivity contribution in [3.05, 3.63) is 24.3 Å². The Labute approximate surface area is 548 Å². The Bertz CT molecular complexity index is 1490. The van der Waals surface area contributed by atoms with Gasteiger partial charge in [0.05, 0.1) is 13.2 Å². The fourth-order valence-corrected chi connectivity index (χ4v) is 13.0. The number of esters is 2. The maximum absolute atomic E-state index is 12.8. The molecule has 0 saturated carbocycles. The largest absolute Gasteiger partial charge is 0.472 e. The fraction of sp³-hybridized carbons (Fsp3) is 0.923. The molecule has 0 aliphatic heterocycles. The molecule has 0 aromatic carbocycles. The molecule has 3 N–H and O–H groups in total. The normalized spacial score (nSPS) is 12.9. The summed E-state index contributed by atoms with van der Waals surface area (Å²) in [7, 11) is -4.39. The molecule has 0 bridgehead atoms. The number of allylic oxidation sites excluding steroid dienone is 4. The van der Waals surface area contributed by atoms with Crippen LogP contribution in [0.15, 0.2) is 24.3 Å². The van der Waals surface area contributed by atoms with Gasteiger partial charge in [-0.05, 0) is 44.9 Å². The predicted molar refractivity (Wildman–Crippen MR) is 381 cm³/mol. The first-order valence-electron chi connectivity index (χ1n) is 39.3. The van der Waals surface area contributed by atoms with E-state index in [2.05, 4.69) is 38.2 Å². The molecule has 0 aliphatic rings. The number of nitrogens with two attached hydrogens (primary N) is 1. The molecule has 0 aromatic heterocycles. The van der Waals surface area contributed by atoms with Crippen molar-refractivity contribution in [2.45, 2.75) is 437 Å². The van der Waals surface area contributed by atoms with Crippen LogP contribution < -0.4 is 5.73 Å². The zero-order valence-electron chi connectivity index (χ0n) is 59.0. The molecule has 0 rings (SSSR count). The zero-order chi connectivity index (χ0) is 63.7. The average molecular weight is 1260 g/mol. The van der Waals surface area contributed by atoms with Crippen molar-refractivity contribution in [2.75, 3.05) is 26.4 Å². The van der Waals surface area contributed by atoms with Crippen LogP contribution in [0.5, 0.6) is 0 Å². The molecule has 0 fully saturated rings. The SMILES string of the molecule is CCCCCCC/C=C\C/C=C\CCCCCCCCCCCCCCCCCCCCCCCCCCCC(=O)OC(COC(=O)CCCCCCCCCCCCCCCCCCCCCCCCCCCCCCCC)COP(=O)(O)OCCN. The van der Waals surface area contributed by atoms with E-state index < -0.39 is 26.5 Å². The smallest absolute Gasteiger partial charge is 0.462 e. The van der Waals surface area contributed by atoms with Crippen LogP contribution in [-0.4, -0.2) is 49.3 Å². The summed E-state index contributed by atoms with van der Waals surface area (Å²) in [4.78, 5) is 35.4. The van der Waals surface area contributed by atoms with Crippen molar-refractivity contribution >= 4 is 19.8 Å². The number of ether oxygens (including phenoxy) is 2. The van der Waals surface area contributed by atoms with Gasteiger partial charge in [0.25, 0.3) is 0 Å². The van der Waals surface area contributed by atoms with Gasteiger partial charge in [-0.1, -0.05) is 398 Å². The van der Waals surface area contributed by atoms with Crippen molar-refractivity contribution in [1.82, 2.24) is 0 Å². The van der Waals surface area contributed by atoms with E-state index in [1.807, 2.05) is 0 Å². The third-order valence-electron chi connectivity index (χ3n) is 18.1. The number of phosphoric ester groups is 1. The highest BCUT2D eigenvalue weighted by atomic mass is 31.2. The summed E-state index contributed by atoms with van der Waals surface area (Å²) in [6, 6.07) is 0. The minimum atomic E-state index is -4.39. The number of carbonyl (C=O) groups excluding carboxylic acids is 2. The highest BCUT2D eigenvalue weighted by molar-refractivity contribution is 7.47. The number of hydrogen-bond donors (Lipinski definition) is 2. The number of unbranched alkanes of at least 4 members (excludes halogenated alkanes) is 59. The van der Waals surface area contributed by atoms with E-state index >= 15 is 0 Å². The number of rotatable bonds is 76. The van der Waals surface area contributed by atoms with Crippen molar-refractivity contribution in [2.24, 2.45) is 5.73 Å². The van der Waals surface area contributed by atoms with E-state index in [-0.39, 0.29) is 38.6 Å². The van der Waals surface area contributed by atoms with E-state index in [4.69, 9.17) is 24.3 Å². The zero-order valence-corrected chi connectivity index (χ0v) is 59.9. The van der Waals surface area contributed by atoms with Crippen molar-refractivity contribution in [3.63, 3.8) is 0 Å². The number of phosphoric acid groups is 1. The van der Waals surface area contributed by atoms with E-state index in [0.717, 1.165) is 38.5 Å². The second-order valence-electron chi connectivity index (χ2n) is 26.9. The first-order valence-corrected chi connectivity index (χ1v) is 40.8. The van der Waals surface area contributed by atoms with Gasteiger partial charge in [-0.15, -0.1) is 0 Å². The maximum atomic E-state index is 12.8. The molecule has 10 heteroatoms. The van der Waals surface area contributed by atoms with Crippen molar-refractivity contribution in [3.8, 4) is 0 Å². The van der Waals surface area contributed by atoms with Crippen molar-refractivity contribution < 1.29 is 37.6 Å². The Morgan fingerprint density at radius 2 is 0.591 bits per heavy atom. The van der Waals surface area contributed by atoms with Gasteiger partial charge in [-0.2, -0.15) is 0 Å². The van der Waals surface area contributed by atoms with Crippen LogP contribution >= 0.6 is 7.82 Å². The Hall–Kier alpha value is -1.51. The molecular formula is C78H152NO8P. The molecule has 522 valence electrons. The minimum absolute atomic E-state index is 0.0576. The van der Waals surface area contributed by atoms with Gasteiger partial charge in [-0.3, -0.25) is 18.6 Å². The third-order valence-corrected chi connectivity index (χ3v) is 19.1. The van der Waals surface area contributed by atoms with Gasteiger partial charge in [0.1, 0.15) is 6.61 Å². The number of hydrogen-bond acceptors (Lipinski definition) is 8. The summed E-state index contributed by atoms with van der Waals surface area (Å²) < 4.78 is 33.3. The molecule has 2 unspecified atom stereocenters. The summed E-state index contributed by atoms with van der Waals surface area (Å²) in [6.45, 7) is 3.83. The van der Waals surface area contributed by atoms with Gasteiger partial charge in [0.2, 0.25) is 0 Å². The molecule has 0 amide bonds. The standard InChI is InChI=1S/C78H152NO8P/c1-3-5-7-9-11-13-15-17-19-21-23-25-27-29-31-33-35-36-37-38-39-40-41-43-45-47-49-51-53-55-57-59-61-63-65-67-69-71-78(81)87-76(75-86-88(82,83)85-73-72-79)74-84-77(80)70-68-66-64-62-60-58-56-54-52-50-48-46-44-42-34-32-30-28-26-24-22-20-18-16-14-12-10-8-6-4-2/h15,17,21,23,76H,3-14,16,18-20,22,24-75,79H2,1-2H3,(H,82,83)/b17-15-,23-21-. The first-order chi connectivity index (χ1) is 43.3. The molecule has 0 aromatic rings. The van der Waals surface area contributed by atoms with Crippen molar-refractivity contribution in [1.29, 1.82) is 0 Å². The highest BCUT2D eigenvalue weighted by Gasteiger charge is 2.26. The van der Waals surface area contributed by atoms with Gasteiger partial charge in [0.15, 0.2) is 6.10 Å². The molecule has 0 heterocycles. The Kier molecular flexibility index (Phi) is 73.3. The minimum Gasteiger partial charge on any atom is -0.462 e. The molecular weight excluding hydrogens is 1110 g/mol. The monoisotopic (exact) mass is 1260 g/mol. The first kappa shape index (κ1) is 86.5. The maximum Gasteiger partial charge on any atom is 0.472 e. The van der Waals surface area contributed by atoms with E-state index in [1.165, 1.54) is 360 Å². The lowest BCUT2D eigenvalue weighted by atomic mass is 10.0. The molecule has 0 spiro atoms. The van der Waals surface area contributed by atoms with Crippen LogP contribution in [0.2, 0.25) is 0 Å². The Morgan fingerprint density at radius 1 is 0.341 bits per heavy atom. The van der Waals surface area contributed by atoms with Crippen LogP contribution in [0.4, 0.5) is 0 Å². The number of carbonyl (C=O) groups is 2. The van der Waals surface area contributed by atoms with E-state index in [9.17, 15) is 19.0 Å². The van der Waals surface area contributed by atoms with E-state index in [0.29, 0.717) is 6.42 Å². The lowest BCUT2D eigenvalue weighted by Gasteiger charge is -2.19. The fourth-order valence-electron chi connectivity index (χ4n) is 12.3. The van der Waals surface area contributed by atoms with Gasteiger partial charge >= 0.3 is 19.8 Å². The summed E-state index contributed by atoms with van der Waals surface area (Å²) in [6.07, 6.45) is 93.2. The second-order valence-corrected chi connectivity index (χ2v) is 28.4. The quantitative estimate of drug-likeness (QED) is 0.0264. The Morgan fingerprint density at radius 3 is 0.864 bits per heavy atom. The molecule has 0 saturated heterocycles. The lowest BCUT2D eigenvalue weighted by molar-refractivity contribution is -0.161. The van der Waals surface area contributed by atoms with Crippen LogP contribution in [-0.2, 0) is 32.7 Å². The summed E-state index contributed by atoms with van der Waals surface area (Å²) in [5.41, 5.74) is 5.41. The molecule has 2 atom stereocenters. The van der Waals surface area contributed by atoms with Gasteiger partial charge < -0.3 is 20.1 Å². The summed E-state index contributed by atoms with van der Waals surface area (Å²) in [5.74, 6) is -0.798. The molecule has 0 aliphatic carbocycles. The van der Waals surface area contributed by atoms with Crippen LogP contribution in [0, 0.1) is 0 Å². The van der Waals surface area contributed by atoms with Gasteiger partial charge in [0, 0.05) is 19.4 Å². The van der Waals surface area contributed by atoms with Gasteiger partial charge in [-0.25, -0.2) is 4.57 Å². The topological polar surface area (TPSA) is 134 Å². The molecule has 88 heavy (non-hydrogen) atoms. The van der Waals surface area contributed by atoms with Crippen LogP contribution in [0.25, 0.3) is 0 Å². The van der Waals surface area contributed by atoms with Crippen LogP contribution in [0.1, 0.15) is 431 Å². The Balaban J connectivity index is 3.74. The molecule has 9 nitrogen and oxygen atoms in total. The average Bonchev–Trinajstić information content (AvgIpc) is 3.60. The summed E-state index contributed by atoms with van der Waals surface area (Å²) in [5, 5.41) is 0. The lowest BCUT2D eigenvalue weighted by Crippen LogP contribution is -2.29. The second kappa shape index (κ2) is 74.5. The highest BCUT2D eigenvalue weighted by Crippen LogP contribution is 2.43. The third kappa shape index (κ3) is 73.5. The predicted octanol–water partition coefficient (Wildman–Crippen LogP) is 26.0.